The molecule has 0 aromatic rings. The van der Waals surface area contributed by atoms with Gasteiger partial charge in [0.1, 0.15) is 16.9 Å². The van der Waals surface area contributed by atoms with Gasteiger partial charge in [-0.2, -0.15) is 0 Å². The van der Waals surface area contributed by atoms with Gasteiger partial charge in [-0.3, -0.25) is 0 Å². The van der Waals surface area contributed by atoms with E-state index in [2.05, 4.69) is 41.4 Å². The molecule has 2 heterocycles. The largest absolute Gasteiger partial charge is 0.460 e. The van der Waals surface area contributed by atoms with Crippen LogP contribution in [0.15, 0.2) is 58.2 Å². The highest BCUT2D eigenvalue weighted by atomic mass is 16.5. The maximum Gasteiger partial charge on any atom is 0.277 e. The summed E-state index contributed by atoms with van der Waals surface area (Å²) in [6, 6.07) is 0. The van der Waals surface area contributed by atoms with Gasteiger partial charge in [-0.15, -0.1) is 0 Å². The predicted molar refractivity (Wildman–Crippen MR) is 66.0 cm³/mol. The molecule has 0 aromatic carbocycles. The molecule has 1 spiro atoms. The Kier molecular flexibility index (Phi) is 1.64. The van der Waals surface area contributed by atoms with Gasteiger partial charge in [0.25, 0.3) is 12.3 Å². The van der Waals surface area contributed by atoms with E-state index < -0.39 is 0 Å². The lowest BCUT2D eigenvalue weighted by Crippen LogP contribution is -2.20. The first-order chi connectivity index (χ1) is 8.40. The Balaban J connectivity index is 2.03. The van der Waals surface area contributed by atoms with Crippen molar-refractivity contribution < 1.29 is 4.74 Å². The summed E-state index contributed by atoms with van der Waals surface area (Å²) < 4.78 is 6.00. The normalized spacial score (nSPS) is 32.0. The quantitative estimate of drug-likeness (QED) is 0.577. The van der Waals surface area contributed by atoms with Gasteiger partial charge in [-0.25, -0.2) is 4.99 Å². The Hall–Kier alpha value is -1.92. The topological polar surface area (TPSA) is 21.6 Å². The fraction of sp³-hybridized carbons (Fsp3) is 0.267. The van der Waals surface area contributed by atoms with Crippen molar-refractivity contribution >= 4 is 6.21 Å². The summed E-state index contributed by atoms with van der Waals surface area (Å²) in [6.07, 6.45) is 18.6. The number of hydrogen-bond donors (Lipinski definition) is 0. The molecule has 1 saturated heterocycles. The van der Waals surface area contributed by atoms with Crippen molar-refractivity contribution in [3.8, 4) is 0 Å². The number of ether oxygens (including phenoxy) is 1. The van der Waals surface area contributed by atoms with Crippen LogP contribution < -0.4 is 0 Å². The fourth-order valence-electron chi connectivity index (χ4n) is 3.03. The van der Waals surface area contributed by atoms with E-state index >= 15 is 0 Å². The Labute approximate surface area is 100 Å². The molecule has 2 aliphatic carbocycles. The highest BCUT2D eigenvalue weighted by Crippen LogP contribution is 2.56. The van der Waals surface area contributed by atoms with E-state index in [-0.39, 0.29) is 5.41 Å². The third-order valence-electron chi connectivity index (χ3n) is 3.80. The van der Waals surface area contributed by atoms with Crippen LogP contribution in [0.3, 0.4) is 0 Å². The van der Waals surface area contributed by atoms with Crippen LogP contribution in [0.1, 0.15) is 19.3 Å². The molecule has 0 amide bonds. The molecule has 82 valence electrons. The van der Waals surface area contributed by atoms with E-state index in [1.54, 1.807) is 6.21 Å². The molecule has 1 unspecified atom stereocenters. The highest BCUT2D eigenvalue weighted by molar-refractivity contribution is 5.72. The van der Waals surface area contributed by atoms with Crippen LogP contribution in [0.4, 0.5) is 0 Å². The summed E-state index contributed by atoms with van der Waals surface area (Å²) in [5, 5.41) is 0. The fourth-order valence-corrected chi connectivity index (χ4v) is 3.03. The van der Waals surface area contributed by atoms with Crippen molar-refractivity contribution in [2.24, 2.45) is 10.4 Å². The molecular weight excluding hydrogens is 210 g/mol. The minimum absolute atomic E-state index is 0.132. The summed E-state index contributed by atoms with van der Waals surface area (Å²) >= 11 is 0. The summed E-state index contributed by atoms with van der Waals surface area (Å²) in [7, 11) is 0. The van der Waals surface area contributed by atoms with Crippen molar-refractivity contribution in [1.82, 2.24) is 0 Å². The van der Waals surface area contributed by atoms with Crippen LogP contribution in [0.25, 0.3) is 0 Å². The summed E-state index contributed by atoms with van der Waals surface area (Å²) in [5.41, 5.74) is 2.30. The van der Waals surface area contributed by atoms with Crippen LogP contribution in [-0.2, 0) is 4.74 Å². The smallest absolute Gasteiger partial charge is 0.277 e. The first-order valence-electron chi connectivity index (χ1n) is 6.02. The van der Waals surface area contributed by atoms with E-state index in [1.165, 1.54) is 11.3 Å². The van der Waals surface area contributed by atoms with Crippen LogP contribution >= 0.6 is 0 Å². The van der Waals surface area contributed by atoms with Gasteiger partial charge in [0.2, 0.25) is 0 Å². The molecule has 0 N–H and O–H groups in total. The minimum Gasteiger partial charge on any atom is -0.460 e. The van der Waals surface area contributed by atoms with Crippen molar-refractivity contribution in [3.63, 3.8) is 0 Å². The van der Waals surface area contributed by atoms with E-state index in [9.17, 15) is 0 Å². The number of rotatable bonds is 0. The lowest BCUT2D eigenvalue weighted by molar-refractivity contribution is 0.305. The average molecular weight is 222 g/mol. The molecule has 17 heavy (non-hydrogen) atoms. The first kappa shape index (κ1) is 9.15. The Bertz CT molecular complexity index is 572. The molecular formula is C15H12NO+. The van der Waals surface area contributed by atoms with E-state index in [0.29, 0.717) is 0 Å². The molecule has 2 heteroatoms. The van der Waals surface area contributed by atoms with E-state index in [4.69, 9.17) is 4.74 Å². The third kappa shape index (κ3) is 1.06. The second kappa shape index (κ2) is 3.06. The first-order valence-corrected chi connectivity index (χ1v) is 6.02. The molecule has 2 nitrogen and oxygen atoms in total. The van der Waals surface area contributed by atoms with Gasteiger partial charge in [0.05, 0.1) is 5.70 Å². The van der Waals surface area contributed by atoms with Crippen molar-refractivity contribution in [1.29, 1.82) is 0 Å². The maximum atomic E-state index is 6.00. The second-order valence-corrected chi connectivity index (χ2v) is 4.73. The molecule has 1 fully saturated rings. The zero-order chi connectivity index (χ0) is 11.3. The maximum absolute atomic E-state index is 6.00. The van der Waals surface area contributed by atoms with Gasteiger partial charge >= 0.3 is 0 Å². The third-order valence-corrected chi connectivity index (χ3v) is 3.80. The zero-order valence-electron chi connectivity index (χ0n) is 9.44. The van der Waals surface area contributed by atoms with Crippen LogP contribution in [0.5, 0.6) is 0 Å². The Morgan fingerprint density at radius 3 is 3.41 bits per heavy atom. The molecule has 2 aliphatic heterocycles. The molecule has 0 bridgehead atoms. The molecule has 4 rings (SSSR count). The molecule has 0 aromatic heterocycles. The zero-order valence-corrected chi connectivity index (χ0v) is 9.44. The lowest BCUT2D eigenvalue weighted by atomic mass is 9.72. The molecule has 0 radical (unpaired) electrons. The van der Waals surface area contributed by atoms with Crippen LogP contribution in [0, 0.1) is 11.5 Å². The summed E-state index contributed by atoms with van der Waals surface area (Å²) in [6.45, 7) is 0. The minimum atomic E-state index is -0.132. The molecule has 0 saturated carbocycles. The van der Waals surface area contributed by atoms with Gasteiger partial charge in [0.15, 0.2) is 6.08 Å². The van der Waals surface area contributed by atoms with Crippen molar-refractivity contribution in [2.75, 3.05) is 0 Å². The Morgan fingerprint density at radius 1 is 1.41 bits per heavy atom. The second-order valence-electron chi connectivity index (χ2n) is 4.73. The van der Waals surface area contributed by atoms with Crippen molar-refractivity contribution in [3.05, 3.63) is 59.2 Å². The Morgan fingerprint density at radius 2 is 2.41 bits per heavy atom. The standard InChI is InChI=1S/C15H12NO/c1-2-8-15-9-4-10-16-11-5-3-6-12(14(11)15)17-13(15)7-1/h1-2,6-7,9-10H,3,5,8H2/q+1. The monoisotopic (exact) mass is 222 g/mol. The molecule has 4 aliphatic rings. The number of allylic oxidation sites excluding steroid dienone is 8. The summed E-state index contributed by atoms with van der Waals surface area (Å²) in [5.74, 6) is 2.04. The highest BCUT2D eigenvalue weighted by Gasteiger charge is 2.52. The van der Waals surface area contributed by atoms with Crippen LogP contribution in [-0.4, -0.2) is 6.21 Å². The van der Waals surface area contributed by atoms with Gasteiger partial charge in [-0.05, 0) is 31.4 Å². The van der Waals surface area contributed by atoms with Gasteiger partial charge in [0, 0.05) is 5.57 Å². The molecule has 1 atom stereocenters. The average Bonchev–Trinajstić information content (AvgIpc) is 2.58. The SMILES string of the molecule is [C+]1=CC23CC=CC=C2OC2=CCCC(=C23)N=C1. The van der Waals surface area contributed by atoms with Gasteiger partial charge < -0.3 is 4.74 Å². The lowest BCUT2D eigenvalue weighted by Gasteiger charge is -2.23. The van der Waals surface area contributed by atoms with Crippen LogP contribution in [0.2, 0.25) is 0 Å². The summed E-state index contributed by atoms with van der Waals surface area (Å²) in [4.78, 5) is 4.51. The van der Waals surface area contributed by atoms with E-state index in [1.807, 2.05) is 0 Å². The number of nitrogens with zero attached hydrogens (tertiary/aromatic N) is 1. The van der Waals surface area contributed by atoms with Crippen molar-refractivity contribution in [2.45, 2.75) is 19.3 Å². The van der Waals surface area contributed by atoms with Gasteiger partial charge in [-0.1, -0.05) is 12.2 Å². The van der Waals surface area contributed by atoms with E-state index in [0.717, 1.165) is 30.8 Å². The number of aliphatic imine (C=N–C) groups is 1. The predicted octanol–water partition coefficient (Wildman–Crippen LogP) is 3.22. The number of hydrogen-bond acceptors (Lipinski definition) is 2.